The first-order valence-corrected chi connectivity index (χ1v) is 7.16. The Hall–Kier alpha value is -2.42. The quantitative estimate of drug-likeness (QED) is 0.751. The molecule has 20 heavy (non-hydrogen) atoms. The second-order valence-electron chi connectivity index (χ2n) is 3.92. The van der Waals surface area contributed by atoms with E-state index in [-0.39, 0.29) is 16.4 Å². The first kappa shape index (κ1) is 14.0. The molecule has 0 saturated heterocycles. The maximum atomic E-state index is 12.1. The van der Waals surface area contributed by atoms with Gasteiger partial charge in [-0.2, -0.15) is 10.1 Å². The van der Waals surface area contributed by atoms with Gasteiger partial charge in [0.1, 0.15) is 6.33 Å². The van der Waals surface area contributed by atoms with Gasteiger partial charge in [0.05, 0.1) is 10.5 Å². The van der Waals surface area contributed by atoms with Crippen LogP contribution >= 0.6 is 0 Å². The minimum absolute atomic E-state index is 0.0343. The van der Waals surface area contributed by atoms with E-state index < -0.39 is 16.0 Å². The largest absolute Gasteiger partial charge is 0.478 e. The first-order valence-electron chi connectivity index (χ1n) is 5.68. The molecule has 0 aliphatic heterocycles. The summed E-state index contributed by atoms with van der Waals surface area (Å²) in [6.07, 6.45) is 1.65. The molecule has 2 rings (SSSR count). The summed E-state index contributed by atoms with van der Waals surface area (Å²) in [4.78, 5) is 14.6. The van der Waals surface area contributed by atoms with Crippen molar-refractivity contribution in [1.29, 1.82) is 0 Å². The lowest BCUT2D eigenvalue weighted by molar-refractivity contribution is 0.0695. The number of sulfonamides is 1. The zero-order valence-corrected chi connectivity index (χ0v) is 11.3. The summed E-state index contributed by atoms with van der Waals surface area (Å²) < 4.78 is 26.3. The fourth-order valence-electron chi connectivity index (χ4n) is 1.67. The molecule has 0 atom stereocenters. The molecule has 9 heteroatoms. The van der Waals surface area contributed by atoms with E-state index in [0.717, 1.165) is 12.4 Å². The van der Waals surface area contributed by atoms with Crippen LogP contribution < -0.4 is 4.72 Å². The molecule has 0 bridgehead atoms. The lowest BCUT2D eigenvalue weighted by Crippen LogP contribution is -2.15. The van der Waals surface area contributed by atoms with Crippen molar-refractivity contribution in [2.24, 2.45) is 0 Å². The van der Waals surface area contributed by atoms with Crippen LogP contribution in [0.25, 0.3) is 0 Å². The third kappa shape index (κ3) is 2.77. The molecule has 1 aromatic carbocycles. The SMILES string of the molecule is CCc1ccc(S(=O)(=O)Nc2ncn[nH]2)cc1C(=O)O. The van der Waals surface area contributed by atoms with Crippen molar-refractivity contribution in [3.05, 3.63) is 35.7 Å². The van der Waals surface area contributed by atoms with Gasteiger partial charge in [-0.15, -0.1) is 0 Å². The number of benzene rings is 1. The van der Waals surface area contributed by atoms with Crippen LogP contribution in [0.4, 0.5) is 5.95 Å². The van der Waals surface area contributed by atoms with Gasteiger partial charge in [-0.3, -0.25) is 0 Å². The second-order valence-corrected chi connectivity index (χ2v) is 5.60. The molecular formula is C11H12N4O4S. The zero-order chi connectivity index (χ0) is 14.8. The van der Waals surface area contributed by atoms with Crippen LogP contribution in [0.15, 0.2) is 29.4 Å². The van der Waals surface area contributed by atoms with Crippen molar-refractivity contribution in [3.63, 3.8) is 0 Å². The Morgan fingerprint density at radius 1 is 1.45 bits per heavy atom. The molecule has 0 spiro atoms. The summed E-state index contributed by atoms with van der Waals surface area (Å²) in [5.74, 6) is -1.21. The Balaban J connectivity index is 2.42. The van der Waals surface area contributed by atoms with Gasteiger partial charge in [-0.25, -0.2) is 23.0 Å². The van der Waals surface area contributed by atoms with E-state index in [0.29, 0.717) is 12.0 Å². The molecule has 1 heterocycles. The predicted octanol–water partition coefficient (Wildman–Crippen LogP) is 0.866. The summed E-state index contributed by atoms with van der Waals surface area (Å²) in [6, 6.07) is 3.96. The average Bonchev–Trinajstić information content (AvgIpc) is 2.89. The minimum Gasteiger partial charge on any atom is -0.478 e. The number of hydrogen-bond donors (Lipinski definition) is 3. The number of anilines is 1. The lowest BCUT2D eigenvalue weighted by Gasteiger charge is -2.08. The highest BCUT2D eigenvalue weighted by Gasteiger charge is 2.19. The molecule has 1 aromatic heterocycles. The minimum atomic E-state index is -3.91. The number of carboxylic acids is 1. The van der Waals surface area contributed by atoms with Gasteiger partial charge in [0.15, 0.2) is 0 Å². The Labute approximate surface area is 114 Å². The highest BCUT2D eigenvalue weighted by Crippen LogP contribution is 2.18. The van der Waals surface area contributed by atoms with Gasteiger partial charge in [-0.1, -0.05) is 13.0 Å². The van der Waals surface area contributed by atoms with Crippen LogP contribution in [0.1, 0.15) is 22.8 Å². The lowest BCUT2D eigenvalue weighted by atomic mass is 10.1. The van der Waals surface area contributed by atoms with Crippen LogP contribution in [0.3, 0.4) is 0 Å². The Morgan fingerprint density at radius 2 is 2.20 bits per heavy atom. The molecular weight excluding hydrogens is 284 g/mol. The van der Waals surface area contributed by atoms with Crippen LogP contribution in [0, 0.1) is 0 Å². The molecule has 0 saturated carbocycles. The average molecular weight is 296 g/mol. The number of H-pyrrole nitrogens is 1. The molecule has 0 amide bonds. The molecule has 0 radical (unpaired) electrons. The van der Waals surface area contributed by atoms with Gasteiger partial charge in [0, 0.05) is 0 Å². The van der Waals surface area contributed by atoms with Crippen LogP contribution in [-0.4, -0.2) is 34.7 Å². The van der Waals surface area contributed by atoms with Gasteiger partial charge in [-0.05, 0) is 24.1 Å². The topological polar surface area (TPSA) is 125 Å². The zero-order valence-electron chi connectivity index (χ0n) is 10.5. The Morgan fingerprint density at radius 3 is 2.75 bits per heavy atom. The number of carbonyl (C=O) groups is 1. The van der Waals surface area contributed by atoms with E-state index in [1.807, 2.05) is 0 Å². The maximum Gasteiger partial charge on any atom is 0.336 e. The fraction of sp³-hybridized carbons (Fsp3) is 0.182. The molecule has 0 aliphatic carbocycles. The normalized spacial score (nSPS) is 11.2. The van der Waals surface area contributed by atoms with Crippen molar-refractivity contribution >= 4 is 21.9 Å². The second kappa shape index (κ2) is 5.29. The van der Waals surface area contributed by atoms with E-state index in [4.69, 9.17) is 5.11 Å². The summed E-state index contributed by atoms with van der Waals surface area (Å²) in [7, 11) is -3.91. The van der Waals surface area contributed by atoms with Crippen molar-refractivity contribution < 1.29 is 18.3 Å². The molecule has 3 N–H and O–H groups in total. The molecule has 0 aliphatic rings. The van der Waals surface area contributed by atoms with E-state index in [1.165, 1.54) is 12.1 Å². The molecule has 2 aromatic rings. The van der Waals surface area contributed by atoms with Crippen LogP contribution in [0.5, 0.6) is 0 Å². The molecule has 8 nitrogen and oxygen atoms in total. The fourth-order valence-corrected chi connectivity index (χ4v) is 2.66. The van der Waals surface area contributed by atoms with Crippen molar-refractivity contribution in [1.82, 2.24) is 15.2 Å². The van der Waals surface area contributed by atoms with Gasteiger partial charge in [0.25, 0.3) is 10.0 Å². The summed E-state index contributed by atoms with van der Waals surface area (Å²) in [5, 5.41) is 15.0. The van der Waals surface area contributed by atoms with Crippen LogP contribution in [-0.2, 0) is 16.4 Å². The predicted molar refractivity (Wildman–Crippen MR) is 70.0 cm³/mol. The summed E-state index contributed by atoms with van der Waals surface area (Å²) in [5.41, 5.74) is 0.532. The number of hydrogen-bond acceptors (Lipinski definition) is 5. The number of nitrogens with one attached hydrogen (secondary N) is 2. The van der Waals surface area contributed by atoms with E-state index in [1.54, 1.807) is 6.92 Å². The smallest absolute Gasteiger partial charge is 0.336 e. The van der Waals surface area contributed by atoms with Crippen LogP contribution in [0.2, 0.25) is 0 Å². The summed E-state index contributed by atoms with van der Waals surface area (Å²) >= 11 is 0. The third-order valence-corrected chi connectivity index (χ3v) is 3.99. The third-order valence-electron chi connectivity index (χ3n) is 2.65. The van der Waals surface area contributed by atoms with Gasteiger partial charge in [0.2, 0.25) is 5.95 Å². The molecule has 106 valence electrons. The number of nitrogens with zero attached hydrogens (tertiary/aromatic N) is 2. The Bertz CT molecular complexity index is 725. The number of carboxylic acid groups (broad SMARTS) is 1. The number of aryl methyl sites for hydroxylation is 1. The molecule has 0 unspecified atom stereocenters. The van der Waals surface area contributed by atoms with Crippen molar-refractivity contribution in [2.75, 3.05) is 4.72 Å². The molecule has 0 fully saturated rings. The highest BCUT2D eigenvalue weighted by molar-refractivity contribution is 7.92. The standard InChI is InChI=1S/C11H12N4O4S/c1-2-7-3-4-8(5-9(7)10(16)17)20(18,19)15-11-12-6-13-14-11/h3-6H,2H2,1H3,(H,16,17)(H2,12,13,14,15). The highest BCUT2D eigenvalue weighted by atomic mass is 32.2. The van der Waals surface area contributed by atoms with Gasteiger partial charge < -0.3 is 5.11 Å². The first-order chi connectivity index (χ1) is 9.44. The van der Waals surface area contributed by atoms with E-state index in [9.17, 15) is 13.2 Å². The van der Waals surface area contributed by atoms with Crippen molar-refractivity contribution in [2.45, 2.75) is 18.2 Å². The number of aromatic nitrogens is 3. The number of aromatic amines is 1. The van der Waals surface area contributed by atoms with Crippen molar-refractivity contribution in [3.8, 4) is 0 Å². The number of rotatable bonds is 5. The van der Waals surface area contributed by atoms with Gasteiger partial charge >= 0.3 is 5.97 Å². The van der Waals surface area contributed by atoms with E-state index in [2.05, 4.69) is 19.9 Å². The number of aromatic carboxylic acids is 1. The van der Waals surface area contributed by atoms with E-state index >= 15 is 0 Å². The Kier molecular flexibility index (Phi) is 3.70. The summed E-state index contributed by atoms with van der Waals surface area (Å²) in [6.45, 7) is 1.79. The monoisotopic (exact) mass is 296 g/mol. The maximum absolute atomic E-state index is 12.1.